The standard InChI is InChI=1S/C14H16N4O3S/c1-7-3-4-22-12(7)8-5-9(8)13(20)16-14-15-10(17-18-14)6-11(19)21-2/h3-4,8-9H,5-6H2,1-2H3,(H2,15,16,17,18,20)/t8-,9+/m0/s1. The van der Waals surface area contributed by atoms with E-state index in [2.05, 4.69) is 38.2 Å². The number of aromatic amines is 1. The van der Waals surface area contributed by atoms with E-state index in [1.807, 2.05) is 5.38 Å². The molecule has 2 aromatic rings. The number of hydrogen-bond donors (Lipinski definition) is 2. The molecular formula is C14H16N4O3S. The molecule has 22 heavy (non-hydrogen) atoms. The Morgan fingerprint density at radius 3 is 3.05 bits per heavy atom. The molecule has 2 heterocycles. The molecule has 2 atom stereocenters. The van der Waals surface area contributed by atoms with E-state index < -0.39 is 5.97 Å². The molecule has 0 spiro atoms. The Kier molecular flexibility index (Phi) is 3.93. The van der Waals surface area contributed by atoms with E-state index in [0.717, 1.165) is 6.42 Å². The SMILES string of the molecule is COC(=O)Cc1nc(NC(=O)[C@@H]2C[C@@H]2c2sccc2C)n[nH]1. The Balaban J connectivity index is 1.57. The highest BCUT2D eigenvalue weighted by Crippen LogP contribution is 2.50. The average molecular weight is 320 g/mol. The van der Waals surface area contributed by atoms with Crippen molar-refractivity contribution in [1.29, 1.82) is 0 Å². The molecule has 0 bridgehead atoms. The Morgan fingerprint density at radius 1 is 1.55 bits per heavy atom. The zero-order chi connectivity index (χ0) is 15.7. The quantitative estimate of drug-likeness (QED) is 0.816. The van der Waals surface area contributed by atoms with Crippen LogP contribution in [0.1, 0.15) is 28.6 Å². The fourth-order valence-electron chi connectivity index (χ4n) is 2.38. The molecule has 2 N–H and O–H groups in total. The molecule has 1 amide bonds. The van der Waals surface area contributed by atoms with E-state index in [1.165, 1.54) is 17.6 Å². The Morgan fingerprint density at radius 2 is 2.36 bits per heavy atom. The summed E-state index contributed by atoms with van der Waals surface area (Å²) < 4.78 is 4.55. The molecule has 7 nitrogen and oxygen atoms in total. The van der Waals surface area contributed by atoms with Gasteiger partial charge in [0.25, 0.3) is 0 Å². The van der Waals surface area contributed by atoms with Gasteiger partial charge in [0.1, 0.15) is 12.2 Å². The molecule has 1 saturated carbocycles. The van der Waals surface area contributed by atoms with Gasteiger partial charge in [-0.15, -0.1) is 16.4 Å². The molecule has 0 aliphatic heterocycles. The van der Waals surface area contributed by atoms with Crippen LogP contribution < -0.4 is 5.32 Å². The van der Waals surface area contributed by atoms with Crippen LogP contribution in [0, 0.1) is 12.8 Å². The third-order valence-electron chi connectivity index (χ3n) is 3.67. The normalized spacial score (nSPS) is 19.7. The number of H-pyrrole nitrogens is 1. The lowest BCUT2D eigenvalue weighted by Gasteiger charge is -2.00. The van der Waals surface area contributed by atoms with Gasteiger partial charge in [0, 0.05) is 16.7 Å². The van der Waals surface area contributed by atoms with Gasteiger partial charge in [-0.3, -0.25) is 20.0 Å². The number of aryl methyl sites for hydroxylation is 1. The Bertz CT molecular complexity index is 709. The number of aromatic nitrogens is 3. The summed E-state index contributed by atoms with van der Waals surface area (Å²) >= 11 is 1.69. The summed E-state index contributed by atoms with van der Waals surface area (Å²) in [5, 5.41) is 11.2. The second-order valence-electron chi connectivity index (χ2n) is 5.26. The fourth-order valence-corrected chi connectivity index (χ4v) is 3.49. The Hall–Kier alpha value is -2.22. The average Bonchev–Trinajstić information content (AvgIpc) is 2.99. The first-order valence-electron chi connectivity index (χ1n) is 6.91. The van der Waals surface area contributed by atoms with E-state index in [1.54, 1.807) is 11.3 Å². The first kappa shape index (κ1) is 14.7. The summed E-state index contributed by atoms with van der Waals surface area (Å²) in [6.07, 6.45) is 0.854. The fraction of sp³-hybridized carbons (Fsp3) is 0.429. The maximum absolute atomic E-state index is 12.2. The predicted molar refractivity (Wildman–Crippen MR) is 80.6 cm³/mol. The summed E-state index contributed by atoms with van der Waals surface area (Å²) in [5.41, 5.74) is 1.24. The summed E-state index contributed by atoms with van der Waals surface area (Å²) in [5.74, 6) is 0.334. The van der Waals surface area contributed by atoms with Crippen molar-refractivity contribution >= 4 is 29.2 Å². The highest BCUT2D eigenvalue weighted by molar-refractivity contribution is 7.10. The molecule has 0 radical (unpaired) electrons. The van der Waals surface area contributed by atoms with E-state index in [4.69, 9.17) is 0 Å². The van der Waals surface area contributed by atoms with Gasteiger partial charge in [-0.05, 0) is 30.4 Å². The van der Waals surface area contributed by atoms with E-state index in [9.17, 15) is 9.59 Å². The number of ether oxygens (including phenoxy) is 1. The number of carbonyl (C=O) groups excluding carboxylic acids is 2. The van der Waals surface area contributed by atoms with Crippen molar-refractivity contribution in [3.63, 3.8) is 0 Å². The van der Waals surface area contributed by atoms with Crippen molar-refractivity contribution in [1.82, 2.24) is 15.2 Å². The number of anilines is 1. The molecule has 0 unspecified atom stereocenters. The first-order valence-corrected chi connectivity index (χ1v) is 7.79. The minimum Gasteiger partial charge on any atom is -0.469 e. The molecule has 1 aliphatic rings. The van der Waals surface area contributed by atoms with Crippen molar-refractivity contribution in [2.45, 2.75) is 25.7 Å². The third kappa shape index (κ3) is 3.01. The van der Waals surface area contributed by atoms with E-state index >= 15 is 0 Å². The van der Waals surface area contributed by atoms with E-state index in [0.29, 0.717) is 11.7 Å². The molecule has 0 aromatic carbocycles. The number of hydrogen-bond acceptors (Lipinski definition) is 6. The largest absolute Gasteiger partial charge is 0.469 e. The minimum atomic E-state index is -0.413. The van der Waals surface area contributed by atoms with Crippen LogP contribution in [0.4, 0.5) is 5.95 Å². The smallest absolute Gasteiger partial charge is 0.313 e. The Labute approximate surface area is 131 Å². The highest BCUT2D eigenvalue weighted by atomic mass is 32.1. The van der Waals surface area contributed by atoms with Crippen molar-refractivity contribution in [3.8, 4) is 0 Å². The second-order valence-corrected chi connectivity index (χ2v) is 6.21. The van der Waals surface area contributed by atoms with Gasteiger partial charge >= 0.3 is 5.97 Å². The van der Waals surface area contributed by atoms with Crippen molar-refractivity contribution in [2.24, 2.45) is 5.92 Å². The summed E-state index contributed by atoms with van der Waals surface area (Å²) in [6, 6.07) is 2.07. The number of carbonyl (C=O) groups is 2. The van der Waals surface area contributed by atoms with Crippen LogP contribution in [0.5, 0.6) is 0 Å². The summed E-state index contributed by atoms with van der Waals surface area (Å²) in [6.45, 7) is 2.06. The lowest BCUT2D eigenvalue weighted by atomic mass is 10.2. The van der Waals surface area contributed by atoms with Crippen LogP contribution in [-0.2, 0) is 20.7 Å². The number of nitrogens with one attached hydrogen (secondary N) is 2. The second kappa shape index (κ2) is 5.88. The number of rotatable bonds is 5. The monoisotopic (exact) mass is 320 g/mol. The minimum absolute atomic E-state index is 0.000184. The van der Waals surface area contributed by atoms with Crippen molar-refractivity contribution in [2.75, 3.05) is 12.4 Å². The molecule has 3 rings (SSSR count). The molecule has 116 valence electrons. The van der Waals surface area contributed by atoms with E-state index in [-0.39, 0.29) is 24.2 Å². The number of thiophene rings is 1. The zero-order valence-corrected chi connectivity index (χ0v) is 13.1. The highest BCUT2D eigenvalue weighted by Gasteiger charge is 2.45. The van der Waals surface area contributed by atoms with Crippen LogP contribution in [0.2, 0.25) is 0 Å². The summed E-state index contributed by atoms with van der Waals surface area (Å²) in [7, 11) is 1.31. The number of amides is 1. The number of nitrogens with zero attached hydrogens (tertiary/aromatic N) is 2. The topological polar surface area (TPSA) is 97.0 Å². The van der Waals surface area contributed by atoms with Gasteiger partial charge in [-0.2, -0.15) is 4.98 Å². The van der Waals surface area contributed by atoms with Crippen LogP contribution in [-0.4, -0.2) is 34.2 Å². The molecule has 1 fully saturated rings. The van der Waals surface area contributed by atoms with Gasteiger partial charge in [-0.25, -0.2) is 0 Å². The van der Waals surface area contributed by atoms with Gasteiger partial charge < -0.3 is 4.74 Å². The lowest BCUT2D eigenvalue weighted by molar-refractivity contribution is -0.139. The van der Waals surface area contributed by atoms with Crippen LogP contribution in [0.25, 0.3) is 0 Å². The molecular weight excluding hydrogens is 304 g/mol. The van der Waals surface area contributed by atoms with Crippen LogP contribution >= 0.6 is 11.3 Å². The van der Waals surface area contributed by atoms with Crippen LogP contribution in [0.3, 0.4) is 0 Å². The zero-order valence-electron chi connectivity index (χ0n) is 12.3. The van der Waals surface area contributed by atoms with Crippen molar-refractivity contribution in [3.05, 3.63) is 27.7 Å². The maximum atomic E-state index is 12.2. The van der Waals surface area contributed by atoms with Crippen molar-refractivity contribution < 1.29 is 14.3 Å². The molecule has 1 aliphatic carbocycles. The van der Waals surface area contributed by atoms with Gasteiger partial charge in [0.05, 0.1) is 7.11 Å². The predicted octanol–water partition coefficient (Wildman–Crippen LogP) is 1.63. The van der Waals surface area contributed by atoms with Gasteiger partial charge in [-0.1, -0.05) is 0 Å². The molecule has 8 heteroatoms. The third-order valence-corrected chi connectivity index (χ3v) is 4.82. The summed E-state index contributed by atoms with van der Waals surface area (Å²) in [4.78, 5) is 28.7. The lowest BCUT2D eigenvalue weighted by Crippen LogP contribution is -2.15. The maximum Gasteiger partial charge on any atom is 0.313 e. The van der Waals surface area contributed by atoms with Gasteiger partial charge in [0.15, 0.2) is 0 Å². The van der Waals surface area contributed by atoms with Crippen LogP contribution in [0.15, 0.2) is 11.4 Å². The number of methoxy groups -OCH3 is 1. The van der Waals surface area contributed by atoms with Gasteiger partial charge in [0.2, 0.25) is 11.9 Å². The number of esters is 1. The molecule has 0 saturated heterocycles. The first-order chi connectivity index (χ1) is 10.6. The molecule has 2 aromatic heterocycles.